The summed E-state index contributed by atoms with van der Waals surface area (Å²) in [5.74, 6) is 0.759. The Morgan fingerprint density at radius 1 is 1.56 bits per heavy atom. The summed E-state index contributed by atoms with van der Waals surface area (Å²) in [6, 6.07) is 1.88. The SMILES string of the molecule is Cc1noc(C)c1CN(C)C(=O)c1sccc1Br. The minimum atomic E-state index is -0.00289. The second kappa shape index (κ2) is 5.24. The van der Waals surface area contributed by atoms with E-state index in [1.165, 1.54) is 11.3 Å². The van der Waals surface area contributed by atoms with Gasteiger partial charge in [-0.2, -0.15) is 0 Å². The number of hydrogen-bond donors (Lipinski definition) is 0. The molecule has 96 valence electrons. The second-order valence-corrected chi connectivity index (χ2v) is 5.83. The topological polar surface area (TPSA) is 46.3 Å². The Morgan fingerprint density at radius 2 is 2.28 bits per heavy atom. The predicted octanol–water partition coefficient (Wildman–Crippen LogP) is 3.39. The lowest BCUT2D eigenvalue weighted by Crippen LogP contribution is -2.26. The lowest BCUT2D eigenvalue weighted by atomic mass is 10.2. The summed E-state index contributed by atoms with van der Waals surface area (Å²) in [6.07, 6.45) is 0. The normalized spacial score (nSPS) is 10.7. The molecule has 0 atom stereocenters. The summed E-state index contributed by atoms with van der Waals surface area (Å²) in [7, 11) is 1.78. The Hall–Kier alpha value is -1.14. The van der Waals surface area contributed by atoms with Gasteiger partial charge in [-0.3, -0.25) is 4.79 Å². The highest BCUT2D eigenvalue weighted by atomic mass is 79.9. The summed E-state index contributed by atoms with van der Waals surface area (Å²) in [5, 5.41) is 5.78. The molecule has 0 spiro atoms. The Bertz CT molecular complexity index is 557. The molecule has 4 nitrogen and oxygen atoms in total. The lowest BCUT2D eigenvalue weighted by molar-refractivity contribution is 0.0788. The maximum atomic E-state index is 12.2. The molecule has 0 bridgehead atoms. The van der Waals surface area contributed by atoms with Crippen LogP contribution >= 0.6 is 27.3 Å². The van der Waals surface area contributed by atoms with E-state index in [-0.39, 0.29) is 5.91 Å². The van der Waals surface area contributed by atoms with Gasteiger partial charge in [0.05, 0.1) is 12.2 Å². The summed E-state index contributed by atoms with van der Waals surface area (Å²) < 4.78 is 5.93. The molecule has 0 aromatic carbocycles. The molecular formula is C12H13BrN2O2S. The quantitative estimate of drug-likeness (QED) is 0.867. The molecule has 0 aliphatic carbocycles. The van der Waals surface area contributed by atoms with E-state index in [4.69, 9.17) is 4.52 Å². The summed E-state index contributed by atoms with van der Waals surface area (Å²) in [6.45, 7) is 4.24. The molecule has 0 unspecified atom stereocenters. The maximum absolute atomic E-state index is 12.2. The van der Waals surface area contributed by atoms with Crippen molar-refractivity contribution in [3.8, 4) is 0 Å². The van der Waals surface area contributed by atoms with Gasteiger partial charge in [-0.25, -0.2) is 0 Å². The first-order valence-corrected chi connectivity index (χ1v) is 7.08. The van der Waals surface area contributed by atoms with Crippen LogP contribution in [0, 0.1) is 13.8 Å². The number of hydrogen-bond acceptors (Lipinski definition) is 4. The van der Waals surface area contributed by atoms with Crippen molar-refractivity contribution in [3.05, 3.63) is 37.8 Å². The zero-order chi connectivity index (χ0) is 13.3. The number of carbonyl (C=O) groups excluding carboxylic acids is 1. The Morgan fingerprint density at radius 3 is 2.78 bits per heavy atom. The van der Waals surface area contributed by atoms with E-state index in [1.54, 1.807) is 11.9 Å². The summed E-state index contributed by atoms with van der Waals surface area (Å²) in [5.41, 5.74) is 1.80. The monoisotopic (exact) mass is 328 g/mol. The van der Waals surface area contributed by atoms with Crippen molar-refractivity contribution in [3.63, 3.8) is 0 Å². The van der Waals surface area contributed by atoms with Crippen LogP contribution in [0.3, 0.4) is 0 Å². The molecule has 0 saturated carbocycles. The molecule has 2 heterocycles. The average molecular weight is 329 g/mol. The van der Waals surface area contributed by atoms with Gasteiger partial charge >= 0.3 is 0 Å². The minimum absolute atomic E-state index is 0.00289. The van der Waals surface area contributed by atoms with E-state index in [0.717, 1.165) is 21.5 Å². The molecule has 0 saturated heterocycles. The molecule has 1 amide bonds. The average Bonchev–Trinajstić information content (AvgIpc) is 2.88. The molecular weight excluding hydrogens is 316 g/mol. The lowest BCUT2D eigenvalue weighted by Gasteiger charge is -2.16. The van der Waals surface area contributed by atoms with E-state index in [1.807, 2.05) is 25.3 Å². The number of halogens is 1. The number of aromatic nitrogens is 1. The zero-order valence-electron chi connectivity index (χ0n) is 10.4. The van der Waals surface area contributed by atoms with E-state index in [9.17, 15) is 4.79 Å². The molecule has 2 aromatic rings. The number of carbonyl (C=O) groups is 1. The summed E-state index contributed by atoms with van der Waals surface area (Å²) in [4.78, 5) is 14.6. The van der Waals surface area contributed by atoms with E-state index in [2.05, 4.69) is 21.1 Å². The van der Waals surface area contributed by atoms with Crippen LogP contribution < -0.4 is 0 Å². The minimum Gasteiger partial charge on any atom is -0.361 e. The fourth-order valence-electron chi connectivity index (χ4n) is 1.66. The smallest absolute Gasteiger partial charge is 0.265 e. The Kier molecular flexibility index (Phi) is 3.87. The molecule has 0 aliphatic rings. The third kappa shape index (κ3) is 2.49. The van der Waals surface area contributed by atoms with E-state index in [0.29, 0.717) is 11.4 Å². The Labute approximate surface area is 118 Å². The van der Waals surface area contributed by atoms with Gasteiger partial charge in [0.15, 0.2) is 0 Å². The first-order valence-electron chi connectivity index (χ1n) is 5.41. The number of amides is 1. The predicted molar refractivity (Wildman–Crippen MR) is 73.8 cm³/mol. The second-order valence-electron chi connectivity index (χ2n) is 4.06. The fraction of sp³-hybridized carbons (Fsp3) is 0.333. The number of nitrogens with zero attached hydrogens (tertiary/aromatic N) is 2. The van der Waals surface area contributed by atoms with Crippen molar-refractivity contribution in [2.45, 2.75) is 20.4 Å². The largest absolute Gasteiger partial charge is 0.361 e. The number of thiophene rings is 1. The third-order valence-corrected chi connectivity index (χ3v) is 4.56. The van der Waals surface area contributed by atoms with Crippen LogP contribution in [-0.4, -0.2) is 23.0 Å². The molecule has 0 N–H and O–H groups in total. The van der Waals surface area contributed by atoms with Crippen LogP contribution in [-0.2, 0) is 6.54 Å². The molecule has 6 heteroatoms. The van der Waals surface area contributed by atoms with Gasteiger partial charge in [0.1, 0.15) is 10.6 Å². The van der Waals surface area contributed by atoms with Crippen molar-refractivity contribution in [2.75, 3.05) is 7.05 Å². The van der Waals surface area contributed by atoms with Gasteiger partial charge in [0.2, 0.25) is 0 Å². The first kappa shape index (κ1) is 13.3. The van der Waals surface area contributed by atoms with Crippen LogP contribution in [0.5, 0.6) is 0 Å². The van der Waals surface area contributed by atoms with Crippen LogP contribution in [0.15, 0.2) is 20.4 Å². The molecule has 0 fully saturated rings. The molecule has 2 aromatic heterocycles. The fourth-order valence-corrected chi connectivity index (χ4v) is 3.19. The molecule has 2 rings (SSSR count). The highest BCUT2D eigenvalue weighted by molar-refractivity contribution is 9.10. The summed E-state index contributed by atoms with van der Waals surface area (Å²) >= 11 is 4.80. The number of aryl methyl sites for hydroxylation is 2. The van der Waals surface area contributed by atoms with Crippen LogP contribution in [0.25, 0.3) is 0 Å². The highest BCUT2D eigenvalue weighted by Gasteiger charge is 2.19. The van der Waals surface area contributed by atoms with Crippen LogP contribution in [0.1, 0.15) is 26.7 Å². The molecule has 18 heavy (non-hydrogen) atoms. The van der Waals surface area contributed by atoms with Crippen molar-refractivity contribution in [1.82, 2.24) is 10.1 Å². The van der Waals surface area contributed by atoms with Crippen LogP contribution in [0.4, 0.5) is 0 Å². The Balaban J connectivity index is 2.16. The van der Waals surface area contributed by atoms with E-state index >= 15 is 0 Å². The third-order valence-electron chi connectivity index (χ3n) is 2.73. The van der Waals surface area contributed by atoms with Crippen molar-refractivity contribution < 1.29 is 9.32 Å². The number of rotatable bonds is 3. The van der Waals surface area contributed by atoms with Gasteiger partial charge in [-0.15, -0.1) is 11.3 Å². The standard InChI is InChI=1S/C12H13BrN2O2S/c1-7-9(8(2)17-14-7)6-15(3)12(16)11-10(13)4-5-18-11/h4-5H,6H2,1-3H3. The molecule has 0 radical (unpaired) electrons. The van der Waals surface area contributed by atoms with Gasteiger partial charge in [0, 0.05) is 17.1 Å². The van der Waals surface area contributed by atoms with Crippen molar-refractivity contribution in [1.29, 1.82) is 0 Å². The van der Waals surface area contributed by atoms with E-state index < -0.39 is 0 Å². The molecule has 0 aliphatic heterocycles. The van der Waals surface area contributed by atoms with Gasteiger partial charge in [-0.1, -0.05) is 5.16 Å². The van der Waals surface area contributed by atoms with Crippen molar-refractivity contribution >= 4 is 33.2 Å². The highest BCUT2D eigenvalue weighted by Crippen LogP contribution is 2.25. The van der Waals surface area contributed by atoms with Crippen LogP contribution in [0.2, 0.25) is 0 Å². The first-order chi connectivity index (χ1) is 8.50. The van der Waals surface area contributed by atoms with Crippen molar-refractivity contribution in [2.24, 2.45) is 0 Å². The van der Waals surface area contributed by atoms with Gasteiger partial charge in [0.25, 0.3) is 5.91 Å². The zero-order valence-corrected chi connectivity index (χ0v) is 12.8. The van der Waals surface area contributed by atoms with Gasteiger partial charge in [-0.05, 0) is 41.2 Å². The van der Waals surface area contributed by atoms with Gasteiger partial charge < -0.3 is 9.42 Å². The maximum Gasteiger partial charge on any atom is 0.265 e.